The molecule has 1 heterocycles. The van der Waals surface area contributed by atoms with Crippen molar-refractivity contribution in [2.45, 2.75) is 5.41 Å². The van der Waals surface area contributed by atoms with E-state index in [0.717, 1.165) is 5.69 Å². The van der Waals surface area contributed by atoms with Gasteiger partial charge in [-0.25, -0.2) is 0 Å². The van der Waals surface area contributed by atoms with Gasteiger partial charge in [-0.05, 0) is 102 Å². The van der Waals surface area contributed by atoms with Gasteiger partial charge in [0.15, 0.2) is 0 Å². The molecule has 0 saturated heterocycles. The van der Waals surface area contributed by atoms with E-state index in [0.29, 0.717) is 0 Å². The number of rotatable bonds is 1. The van der Waals surface area contributed by atoms with Crippen LogP contribution in [0.5, 0.6) is 0 Å². The van der Waals surface area contributed by atoms with Crippen molar-refractivity contribution in [3.63, 3.8) is 0 Å². The Morgan fingerprint density at radius 2 is 0.741 bits per heavy atom. The average molecular weight is 684 g/mol. The molecule has 2 aliphatic carbocycles. The minimum atomic E-state index is -0.537. The van der Waals surface area contributed by atoms with Crippen molar-refractivity contribution >= 4 is 27.8 Å². The summed E-state index contributed by atoms with van der Waals surface area (Å²) in [7, 11) is 0. The summed E-state index contributed by atoms with van der Waals surface area (Å²) in [6, 6.07) is 74.9. The van der Waals surface area contributed by atoms with Crippen molar-refractivity contribution < 1.29 is 0 Å². The zero-order valence-corrected chi connectivity index (χ0v) is 29.5. The zero-order chi connectivity index (χ0) is 35.4. The summed E-state index contributed by atoms with van der Waals surface area (Å²) in [4.78, 5) is 2.49. The van der Waals surface area contributed by atoms with Gasteiger partial charge in [-0.2, -0.15) is 0 Å². The summed E-state index contributed by atoms with van der Waals surface area (Å²) < 4.78 is 0. The molecule has 0 amide bonds. The molecule has 0 fully saturated rings. The van der Waals surface area contributed by atoms with Crippen LogP contribution in [0.25, 0.3) is 66.4 Å². The van der Waals surface area contributed by atoms with E-state index in [1.54, 1.807) is 0 Å². The van der Waals surface area contributed by atoms with Crippen molar-refractivity contribution in [2.75, 3.05) is 4.90 Å². The maximum Gasteiger partial charge on any atom is 0.0725 e. The molecule has 0 saturated carbocycles. The zero-order valence-electron chi connectivity index (χ0n) is 29.5. The van der Waals surface area contributed by atoms with Gasteiger partial charge < -0.3 is 4.90 Å². The Morgan fingerprint density at radius 1 is 0.296 bits per heavy atom. The predicted molar refractivity (Wildman–Crippen MR) is 225 cm³/mol. The molecule has 12 rings (SSSR count). The second kappa shape index (κ2) is 11.0. The highest BCUT2D eigenvalue weighted by Crippen LogP contribution is 2.63. The van der Waals surface area contributed by atoms with E-state index < -0.39 is 5.41 Å². The third-order valence-corrected chi connectivity index (χ3v) is 12.2. The number of benzene rings is 9. The van der Waals surface area contributed by atoms with Gasteiger partial charge in [-0.15, -0.1) is 0 Å². The fraction of sp³-hybridized carbons (Fsp3) is 0.0189. The topological polar surface area (TPSA) is 3.24 Å². The molecule has 9 aromatic rings. The average Bonchev–Trinajstić information content (AvgIpc) is 3.42. The molecular formula is C53H33N. The van der Waals surface area contributed by atoms with E-state index in [1.165, 1.54) is 100 Å². The number of nitrogens with zero attached hydrogens (tertiary/aromatic N) is 1. The smallest absolute Gasteiger partial charge is 0.0725 e. The highest BCUT2D eigenvalue weighted by Gasteiger charge is 2.50. The summed E-state index contributed by atoms with van der Waals surface area (Å²) in [5, 5.41) is 2.57. The quantitative estimate of drug-likeness (QED) is 0.166. The van der Waals surface area contributed by atoms with Crippen LogP contribution in [0.3, 0.4) is 0 Å². The van der Waals surface area contributed by atoms with Crippen LogP contribution < -0.4 is 4.90 Å². The van der Waals surface area contributed by atoms with E-state index >= 15 is 0 Å². The normalized spacial score (nSPS) is 15.4. The second-order valence-corrected chi connectivity index (χ2v) is 14.7. The van der Waals surface area contributed by atoms with Crippen LogP contribution in [0.1, 0.15) is 22.3 Å². The lowest BCUT2D eigenvalue weighted by Crippen LogP contribution is -2.29. The van der Waals surface area contributed by atoms with E-state index in [-0.39, 0.29) is 0 Å². The molecule has 1 atom stereocenters. The van der Waals surface area contributed by atoms with Crippen LogP contribution in [-0.2, 0) is 5.41 Å². The summed E-state index contributed by atoms with van der Waals surface area (Å²) in [6.07, 6.45) is 0. The molecule has 9 aromatic carbocycles. The van der Waals surface area contributed by atoms with Crippen molar-refractivity contribution in [1.29, 1.82) is 0 Å². The van der Waals surface area contributed by atoms with Gasteiger partial charge in [0.1, 0.15) is 0 Å². The van der Waals surface area contributed by atoms with Gasteiger partial charge in [0, 0.05) is 16.8 Å². The third-order valence-electron chi connectivity index (χ3n) is 12.2. The SMILES string of the molecule is c1ccc2c(c1)-c1ccccc1N(c1ccc3c(c1)-c1ccccc1-c1ccccc1C31c3ccccc3-c3c1ccc1ccccc31)c1ccccc1-2. The molecule has 1 nitrogen and oxygen atoms in total. The van der Waals surface area contributed by atoms with Crippen LogP contribution in [0, 0.1) is 0 Å². The Kier molecular flexibility index (Phi) is 6.04. The molecule has 1 aliphatic heterocycles. The van der Waals surface area contributed by atoms with E-state index in [1.807, 2.05) is 0 Å². The first-order chi connectivity index (χ1) is 26.8. The van der Waals surface area contributed by atoms with Crippen molar-refractivity contribution in [2.24, 2.45) is 0 Å². The van der Waals surface area contributed by atoms with Crippen LogP contribution in [0.2, 0.25) is 0 Å². The summed E-state index contributed by atoms with van der Waals surface area (Å²) in [5.74, 6) is 0. The number of fused-ring (bicyclic) bond motifs is 19. The Labute approximate surface area is 315 Å². The van der Waals surface area contributed by atoms with Gasteiger partial charge in [0.05, 0.1) is 16.8 Å². The first kappa shape index (κ1) is 29.6. The van der Waals surface area contributed by atoms with Gasteiger partial charge in [0.2, 0.25) is 0 Å². The van der Waals surface area contributed by atoms with Crippen molar-refractivity contribution in [1.82, 2.24) is 0 Å². The Hall–Kier alpha value is -6.96. The molecule has 0 radical (unpaired) electrons. The Balaban J connectivity index is 1.22. The van der Waals surface area contributed by atoms with Crippen LogP contribution >= 0.6 is 0 Å². The molecule has 1 spiro atoms. The molecule has 0 N–H and O–H groups in total. The lowest BCUT2D eigenvalue weighted by molar-refractivity contribution is 0.776. The highest BCUT2D eigenvalue weighted by molar-refractivity contribution is 6.07. The van der Waals surface area contributed by atoms with Gasteiger partial charge in [-0.1, -0.05) is 176 Å². The van der Waals surface area contributed by atoms with Crippen molar-refractivity contribution in [3.8, 4) is 55.6 Å². The van der Waals surface area contributed by atoms with Crippen LogP contribution in [0.4, 0.5) is 17.1 Å². The minimum absolute atomic E-state index is 0.537. The maximum absolute atomic E-state index is 2.49. The fourth-order valence-corrected chi connectivity index (χ4v) is 10.1. The monoisotopic (exact) mass is 683 g/mol. The summed E-state index contributed by atoms with van der Waals surface area (Å²) >= 11 is 0. The number of anilines is 3. The van der Waals surface area contributed by atoms with E-state index in [9.17, 15) is 0 Å². The molecule has 1 heteroatoms. The minimum Gasteiger partial charge on any atom is -0.309 e. The second-order valence-electron chi connectivity index (χ2n) is 14.7. The molecule has 0 bridgehead atoms. The Morgan fingerprint density at radius 3 is 1.41 bits per heavy atom. The van der Waals surface area contributed by atoms with Crippen molar-refractivity contribution in [3.05, 3.63) is 222 Å². The van der Waals surface area contributed by atoms with Crippen LogP contribution in [-0.4, -0.2) is 0 Å². The number of para-hydroxylation sites is 2. The van der Waals surface area contributed by atoms with E-state index in [2.05, 4.69) is 205 Å². The number of hydrogen-bond acceptors (Lipinski definition) is 1. The lowest BCUT2D eigenvalue weighted by Gasteiger charge is -2.36. The Bertz CT molecular complexity index is 2960. The summed E-state index contributed by atoms with van der Waals surface area (Å²) in [5.41, 5.74) is 21.0. The first-order valence-electron chi connectivity index (χ1n) is 18.9. The fourth-order valence-electron chi connectivity index (χ4n) is 10.1. The maximum atomic E-state index is 2.49. The first-order valence-corrected chi connectivity index (χ1v) is 18.9. The third kappa shape index (κ3) is 3.78. The lowest BCUT2D eigenvalue weighted by atomic mass is 9.65. The van der Waals surface area contributed by atoms with Crippen LogP contribution in [0.15, 0.2) is 200 Å². The molecular weight excluding hydrogens is 651 g/mol. The molecule has 1 unspecified atom stereocenters. The molecule has 54 heavy (non-hydrogen) atoms. The highest BCUT2D eigenvalue weighted by atomic mass is 15.1. The standard InChI is InChI=1S/C53H33N/c1-2-16-36-34(15-1)29-31-49-52(36)44-24-8-12-26-47(44)53(49)46-25-11-7-21-41(46)37-17-3-6-20-40(37)45-33-35(30-32-48(45)53)54-50-27-13-9-22-42(50)38-18-4-5-19-39(38)43-23-10-14-28-51(43)54/h1-33H. The van der Waals surface area contributed by atoms with Gasteiger partial charge >= 0.3 is 0 Å². The predicted octanol–water partition coefficient (Wildman–Crippen LogP) is 14.0. The van der Waals surface area contributed by atoms with Gasteiger partial charge in [-0.3, -0.25) is 0 Å². The van der Waals surface area contributed by atoms with Gasteiger partial charge in [0.25, 0.3) is 0 Å². The van der Waals surface area contributed by atoms with E-state index in [4.69, 9.17) is 0 Å². The molecule has 250 valence electrons. The molecule has 0 aromatic heterocycles. The largest absolute Gasteiger partial charge is 0.309 e. The molecule has 3 aliphatic rings. The summed E-state index contributed by atoms with van der Waals surface area (Å²) in [6.45, 7) is 0. The number of hydrogen-bond donors (Lipinski definition) is 0.